The third-order valence-corrected chi connectivity index (χ3v) is 3.34. The van der Waals surface area contributed by atoms with Gasteiger partial charge in [-0.15, -0.1) is 0 Å². The average Bonchev–Trinajstić information content (AvgIpc) is 2.67. The Hall–Kier alpha value is -1.32. The molecule has 98 valence electrons. The van der Waals surface area contributed by atoms with E-state index in [1.807, 2.05) is 0 Å². The van der Waals surface area contributed by atoms with E-state index in [1.165, 1.54) is 16.5 Å². The van der Waals surface area contributed by atoms with Gasteiger partial charge in [0.25, 0.3) is 0 Å². The van der Waals surface area contributed by atoms with Crippen LogP contribution < -0.4 is 5.32 Å². The summed E-state index contributed by atoms with van der Waals surface area (Å²) < 4.78 is 2.21. The molecule has 1 aromatic carbocycles. The van der Waals surface area contributed by atoms with E-state index in [1.54, 1.807) is 0 Å². The molecule has 0 bridgehead atoms. The number of nitrogens with one attached hydrogen (secondary N) is 1. The van der Waals surface area contributed by atoms with E-state index in [9.17, 15) is 0 Å². The molecule has 0 aliphatic carbocycles. The molecule has 1 aromatic heterocycles. The zero-order chi connectivity index (χ0) is 13.0. The Morgan fingerprint density at radius 1 is 1.28 bits per heavy atom. The number of likely N-dealkylation sites (N-methyl/N-ethyl adjacent to an activating group) is 2. The number of fused-ring (bicyclic) bond motifs is 1. The molecule has 0 saturated carbocycles. The summed E-state index contributed by atoms with van der Waals surface area (Å²) in [6.45, 7) is 6.33. The fourth-order valence-electron chi connectivity index (χ4n) is 2.37. The van der Waals surface area contributed by atoms with E-state index in [0.29, 0.717) is 0 Å². The first-order valence-corrected chi connectivity index (χ1v) is 6.64. The van der Waals surface area contributed by atoms with Crippen molar-refractivity contribution in [3.8, 4) is 0 Å². The average molecular weight is 245 g/mol. The Bertz CT molecular complexity index is 501. The lowest BCUT2D eigenvalue weighted by atomic mass is 10.1. The van der Waals surface area contributed by atoms with Crippen molar-refractivity contribution in [1.29, 1.82) is 0 Å². The van der Waals surface area contributed by atoms with Gasteiger partial charge in [0, 0.05) is 43.8 Å². The Morgan fingerprint density at radius 2 is 2.06 bits per heavy atom. The summed E-state index contributed by atoms with van der Waals surface area (Å²) in [7, 11) is 4.30. The van der Waals surface area contributed by atoms with Gasteiger partial charge in [0.05, 0.1) is 0 Å². The minimum Gasteiger partial charge on any atom is -0.350 e. The summed E-state index contributed by atoms with van der Waals surface area (Å²) in [6.07, 6.45) is 2.24. The topological polar surface area (TPSA) is 20.2 Å². The van der Waals surface area contributed by atoms with Gasteiger partial charge in [0.1, 0.15) is 0 Å². The van der Waals surface area contributed by atoms with Crippen molar-refractivity contribution in [2.24, 2.45) is 7.05 Å². The third-order valence-electron chi connectivity index (χ3n) is 3.34. The van der Waals surface area contributed by atoms with Crippen LogP contribution in [0.4, 0.5) is 0 Å². The molecule has 0 aliphatic heterocycles. The number of aromatic nitrogens is 1. The molecule has 0 fully saturated rings. The second-order valence-corrected chi connectivity index (χ2v) is 4.87. The molecular formula is C15H23N3. The zero-order valence-corrected chi connectivity index (χ0v) is 11.6. The maximum Gasteiger partial charge on any atom is 0.0481 e. The van der Waals surface area contributed by atoms with Crippen LogP contribution >= 0.6 is 0 Å². The standard InChI is InChI=1S/C15H23N3/c1-4-16-9-10-17(2)11-13-12-18(3)15-8-6-5-7-14(13)15/h5-8,12,16H,4,9-11H2,1-3H3. The molecule has 0 saturated heterocycles. The molecule has 1 heterocycles. The van der Waals surface area contributed by atoms with Gasteiger partial charge in [-0.05, 0) is 25.2 Å². The monoisotopic (exact) mass is 245 g/mol. The van der Waals surface area contributed by atoms with Crippen molar-refractivity contribution in [2.75, 3.05) is 26.7 Å². The minimum absolute atomic E-state index is 1.01. The first-order chi connectivity index (χ1) is 8.72. The Labute approximate surface area is 109 Å². The van der Waals surface area contributed by atoms with Gasteiger partial charge in [-0.2, -0.15) is 0 Å². The molecular weight excluding hydrogens is 222 g/mol. The molecule has 1 N–H and O–H groups in total. The fourth-order valence-corrected chi connectivity index (χ4v) is 2.37. The van der Waals surface area contributed by atoms with E-state index in [-0.39, 0.29) is 0 Å². The van der Waals surface area contributed by atoms with Gasteiger partial charge in [0.2, 0.25) is 0 Å². The van der Waals surface area contributed by atoms with Crippen LogP contribution in [0, 0.1) is 0 Å². The van der Waals surface area contributed by atoms with Crippen LogP contribution in [0.1, 0.15) is 12.5 Å². The van der Waals surface area contributed by atoms with E-state index in [0.717, 1.165) is 26.2 Å². The van der Waals surface area contributed by atoms with E-state index < -0.39 is 0 Å². The molecule has 0 amide bonds. The summed E-state index contributed by atoms with van der Waals surface area (Å²) in [5, 5.41) is 4.73. The van der Waals surface area contributed by atoms with Crippen molar-refractivity contribution >= 4 is 10.9 Å². The second-order valence-electron chi connectivity index (χ2n) is 4.87. The number of aryl methyl sites for hydroxylation is 1. The molecule has 0 radical (unpaired) electrons. The van der Waals surface area contributed by atoms with Crippen LogP contribution in [-0.4, -0.2) is 36.1 Å². The summed E-state index contributed by atoms with van der Waals surface area (Å²) >= 11 is 0. The smallest absolute Gasteiger partial charge is 0.0481 e. The van der Waals surface area contributed by atoms with E-state index in [2.05, 4.69) is 66.3 Å². The Morgan fingerprint density at radius 3 is 2.83 bits per heavy atom. The van der Waals surface area contributed by atoms with Crippen LogP contribution in [-0.2, 0) is 13.6 Å². The largest absolute Gasteiger partial charge is 0.350 e. The lowest BCUT2D eigenvalue weighted by molar-refractivity contribution is 0.326. The molecule has 18 heavy (non-hydrogen) atoms. The lowest BCUT2D eigenvalue weighted by Gasteiger charge is -2.16. The quantitative estimate of drug-likeness (QED) is 0.788. The third kappa shape index (κ3) is 2.92. The Balaban J connectivity index is 2.07. The minimum atomic E-state index is 1.01. The first kappa shape index (κ1) is 13.1. The highest BCUT2D eigenvalue weighted by Crippen LogP contribution is 2.21. The fraction of sp³-hybridized carbons (Fsp3) is 0.467. The number of nitrogens with zero attached hydrogens (tertiary/aromatic N) is 2. The highest BCUT2D eigenvalue weighted by molar-refractivity contribution is 5.83. The zero-order valence-electron chi connectivity index (χ0n) is 11.6. The molecule has 0 aliphatic rings. The number of para-hydroxylation sites is 1. The lowest BCUT2D eigenvalue weighted by Crippen LogP contribution is -2.28. The predicted molar refractivity (Wildman–Crippen MR) is 77.8 cm³/mol. The molecule has 0 unspecified atom stereocenters. The second kappa shape index (κ2) is 6.03. The number of hydrogen-bond donors (Lipinski definition) is 1. The normalized spacial score (nSPS) is 11.6. The number of hydrogen-bond acceptors (Lipinski definition) is 2. The first-order valence-electron chi connectivity index (χ1n) is 6.64. The highest BCUT2D eigenvalue weighted by Gasteiger charge is 2.07. The van der Waals surface area contributed by atoms with E-state index in [4.69, 9.17) is 0 Å². The predicted octanol–water partition coefficient (Wildman–Crippen LogP) is 2.22. The van der Waals surface area contributed by atoms with Crippen molar-refractivity contribution in [1.82, 2.24) is 14.8 Å². The van der Waals surface area contributed by atoms with Crippen LogP contribution in [0.2, 0.25) is 0 Å². The van der Waals surface area contributed by atoms with Gasteiger partial charge >= 0.3 is 0 Å². The van der Waals surface area contributed by atoms with Crippen LogP contribution in [0.25, 0.3) is 10.9 Å². The van der Waals surface area contributed by atoms with Gasteiger partial charge in [-0.1, -0.05) is 25.1 Å². The van der Waals surface area contributed by atoms with Gasteiger partial charge in [-0.3, -0.25) is 0 Å². The van der Waals surface area contributed by atoms with Gasteiger partial charge in [0.15, 0.2) is 0 Å². The number of benzene rings is 1. The van der Waals surface area contributed by atoms with Crippen molar-refractivity contribution < 1.29 is 0 Å². The molecule has 2 rings (SSSR count). The van der Waals surface area contributed by atoms with Crippen molar-refractivity contribution in [2.45, 2.75) is 13.5 Å². The van der Waals surface area contributed by atoms with Crippen LogP contribution in [0.3, 0.4) is 0 Å². The van der Waals surface area contributed by atoms with Gasteiger partial charge < -0.3 is 14.8 Å². The van der Waals surface area contributed by atoms with E-state index >= 15 is 0 Å². The Kier molecular flexibility index (Phi) is 4.39. The SMILES string of the molecule is CCNCCN(C)Cc1cn(C)c2ccccc12. The van der Waals surface area contributed by atoms with Crippen LogP contribution in [0.5, 0.6) is 0 Å². The maximum atomic E-state index is 3.36. The number of rotatable bonds is 6. The molecule has 3 heteroatoms. The molecule has 2 aromatic rings. The van der Waals surface area contributed by atoms with Crippen molar-refractivity contribution in [3.63, 3.8) is 0 Å². The summed E-state index contributed by atoms with van der Waals surface area (Å²) in [4.78, 5) is 2.37. The molecule has 3 nitrogen and oxygen atoms in total. The molecule has 0 atom stereocenters. The molecule has 0 spiro atoms. The van der Waals surface area contributed by atoms with Crippen molar-refractivity contribution in [3.05, 3.63) is 36.0 Å². The summed E-state index contributed by atoms with van der Waals surface area (Å²) in [5.41, 5.74) is 2.72. The van der Waals surface area contributed by atoms with Crippen LogP contribution in [0.15, 0.2) is 30.5 Å². The summed E-state index contributed by atoms with van der Waals surface area (Å²) in [6, 6.07) is 8.60. The highest BCUT2D eigenvalue weighted by atomic mass is 15.1. The van der Waals surface area contributed by atoms with Gasteiger partial charge in [-0.25, -0.2) is 0 Å². The summed E-state index contributed by atoms with van der Waals surface area (Å²) in [5.74, 6) is 0. The maximum absolute atomic E-state index is 3.36.